The molecule has 12 rings (SSSR count). The van der Waals surface area contributed by atoms with E-state index in [1.165, 1.54) is 86.5 Å². The summed E-state index contributed by atoms with van der Waals surface area (Å²) in [5.74, 6) is 0. The van der Waals surface area contributed by atoms with E-state index in [9.17, 15) is 0 Å². The zero-order valence-corrected chi connectivity index (χ0v) is 34.2. The minimum Gasteiger partial charge on any atom is -0.310 e. The molecule has 1 aliphatic carbocycles. The maximum Gasteiger partial charge on any atom is 0.0541 e. The number of fused-ring (bicyclic) bond motifs is 9. The summed E-state index contributed by atoms with van der Waals surface area (Å²) in [4.78, 5) is 2.44. The average Bonchev–Trinajstić information content (AvgIpc) is 3.92. The molecule has 0 saturated carbocycles. The van der Waals surface area contributed by atoms with E-state index in [0.717, 1.165) is 22.7 Å². The fourth-order valence-corrected chi connectivity index (χ4v) is 10.9. The molecule has 2 aromatic heterocycles. The molecule has 0 bridgehead atoms. The van der Waals surface area contributed by atoms with E-state index in [1.54, 1.807) is 0 Å². The summed E-state index contributed by atoms with van der Waals surface area (Å²) in [6.45, 7) is 4.72. The Balaban J connectivity index is 0.997. The van der Waals surface area contributed by atoms with Crippen LogP contribution in [-0.4, -0.2) is 4.57 Å². The summed E-state index contributed by atoms with van der Waals surface area (Å²) in [5, 5.41) is 5.09. The molecule has 60 heavy (non-hydrogen) atoms. The van der Waals surface area contributed by atoms with Gasteiger partial charge in [0.15, 0.2) is 0 Å². The molecule has 0 aliphatic heterocycles. The molecular formula is C57H40N2S. The van der Waals surface area contributed by atoms with Gasteiger partial charge in [0.2, 0.25) is 0 Å². The first-order chi connectivity index (χ1) is 29.5. The van der Waals surface area contributed by atoms with E-state index < -0.39 is 0 Å². The van der Waals surface area contributed by atoms with Crippen molar-refractivity contribution in [2.75, 3.05) is 4.90 Å². The van der Waals surface area contributed by atoms with Gasteiger partial charge in [-0.05, 0) is 129 Å². The standard InChI is InChI=1S/C57H40N2S/c1-57(2)51-19-11-9-17-45(51)46-29-27-44(36-52(46)57)58(43-28-32-56-50(35-43)47-18-10-12-20-55(47)60-56)42-25-21-38(22-26-42)40-24-31-54-49(34-40)48-33-39(37-13-5-3-6-14-37)23-30-53(48)59(54)41-15-7-4-8-16-41/h3-36H,1-2H3. The molecular weight excluding hydrogens is 745 g/mol. The lowest BCUT2D eigenvalue weighted by atomic mass is 9.82. The van der Waals surface area contributed by atoms with Crippen LogP contribution in [0.15, 0.2) is 206 Å². The zero-order valence-electron chi connectivity index (χ0n) is 33.4. The summed E-state index contributed by atoms with van der Waals surface area (Å²) >= 11 is 1.86. The number of para-hydroxylation sites is 1. The van der Waals surface area contributed by atoms with Crippen LogP contribution in [0.25, 0.3) is 81.0 Å². The molecule has 0 atom stereocenters. The van der Waals surface area contributed by atoms with E-state index in [0.29, 0.717) is 0 Å². The van der Waals surface area contributed by atoms with Gasteiger partial charge in [0.05, 0.1) is 11.0 Å². The van der Waals surface area contributed by atoms with Crippen molar-refractivity contribution in [3.8, 4) is 39.1 Å². The van der Waals surface area contributed by atoms with Gasteiger partial charge < -0.3 is 9.47 Å². The maximum atomic E-state index is 2.44. The third kappa shape index (κ3) is 5.40. The Morgan fingerprint density at radius 3 is 1.68 bits per heavy atom. The number of hydrogen-bond acceptors (Lipinski definition) is 2. The number of anilines is 3. The summed E-state index contributed by atoms with van der Waals surface area (Å²) in [5.41, 5.74) is 17.1. The fourth-order valence-electron chi connectivity index (χ4n) is 9.80. The van der Waals surface area contributed by atoms with Crippen molar-refractivity contribution in [1.29, 1.82) is 0 Å². The molecule has 0 radical (unpaired) electrons. The Morgan fingerprint density at radius 2 is 0.933 bits per heavy atom. The average molecular weight is 785 g/mol. The summed E-state index contributed by atoms with van der Waals surface area (Å²) < 4.78 is 5.02. The van der Waals surface area contributed by atoms with Crippen molar-refractivity contribution in [2.45, 2.75) is 19.3 Å². The van der Waals surface area contributed by atoms with Gasteiger partial charge in [0.1, 0.15) is 0 Å². The van der Waals surface area contributed by atoms with Gasteiger partial charge in [0.25, 0.3) is 0 Å². The first-order valence-corrected chi connectivity index (χ1v) is 21.6. The van der Waals surface area contributed by atoms with E-state index in [4.69, 9.17) is 0 Å². The van der Waals surface area contributed by atoms with E-state index in [2.05, 4.69) is 230 Å². The van der Waals surface area contributed by atoms with Crippen molar-refractivity contribution in [2.24, 2.45) is 0 Å². The van der Waals surface area contributed by atoms with E-state index >= 15 is 0 Å². The highest BCUT2D eigenvalue weighted by Gasteiger charge is 2.35. The number of aromatic nitrogens is 1. The molecule has 0 fully saturated rings. The lowest BCUT2D eigenvalue weighted by Gasteiger charge is -2.28. The first-order valence-electron chi connectivity index (χ1n) is 20.7. The van der Waals surface area contributed by atoms with Gasteiger partial charge >= 0.3 is 0 Å². The van der Waals surface area contributed by atoms with Crippen molar-refractivity contribution in [1.82, 2.24) is 4.57 Å². The minimum absolute atomic E-state index is 0.102. The van der Waals surface area contributed by atoms with E-state index in [1.807, 2.05) is 11.3 Å². The lowest BCUT2D eigenvalue weighted by molar-refractivity contribution is 0.660. The van der Waals surface area contributed by atoms with Crippen LogP contribution in [0.4, 0.5) is 17.1 Å². The van der Waals surface area contributed by atoms with Crippen LogP contribution in [0.1, 0.15) is 25.0 Å². The highest BCUT2D eigenvalue weighted by Crippen LogP contribution is 2.51. The Bertz CT molecular complexity index is 3450. The van der Waals surface area contributed by atoms with Crippen molar-refractivity contribution in [3.63, 3.8) is 0 Å². The summed E-state index contributed by atoms with van der Waals surface area (Å²) in [6.07, 6.45) is 0. The second-order valence-electron chi connectivity index (χ2n) is 16.6. The zero-order chi connectivity index (χ0) is 40.0. The van der Waals surface area contributed by atoms with Gasteiger partial charge in [0, 0.05) is 59.1 Å². The Labute approximate surface area is 353 Å². The van der Waals surface area contributed by atoms with Crippen LogP contribution in [0.2, 0.25) is 0 Å². The first kappa shape index (κ1) is 34.8. The Hall–Kier alpha value is -7.20. The van der Waals surface area contributed by atoms with Crippen LogP contribution < -0.4 is 4.90 Å². The molecule has 2 heterocycles. The van der Waals surface area contributed by atoms with Gasteiger partial charge in [-0.3, -0.25) is 0 Å². The highest BCUT2D eigenvalue weighted by atomic mass is 32.1. The van der Waals surface area contributed by atoms with Crippen molar-refractivity contribution >= 4 is 70.4 Å². The fraction of sp³-hybridized carbons (Fsp3) is 0.0526. The highest BCUT2D eigenvalue weighted by molar-refractivity contribution is 7.25. The maximum absolute atomic E-state index is 2.44. The number of thiophene rings is 1. The van der Waals surface area contributed by atoms with Crippen LogP contribution in [-0.2, 0) is 5.41 Å². The quantitative estimate of drug-likeness (QED) is 0.163. The predicted octanol–water partition coefficient (Wildman–Crippen LogP) is 16.3. The van der Waals surface area contributed by atoms with Crippen molar-refractivity contribution < 1.29 is 0 Å². The van der Waals surface area contributed by atoms with Crippen LogP contribution in [0.5, 0.6) is 0 Å². The monoisotopic (exact) mass is 784 g/mol. The predicted molar refractivity (Wildman–Crippen MR) is 257 cm³/mol. The molecule has 0 N–H and O–H groups in total. The molecule has 0 amide bonds. The lowest BCUT2D eigenvalue weighted by Crippen LogP contribution is -2.16. The minimum atomic E-state index is -0.102. The Kier molecular flexibility index (Phi) is 7.79. The van der Waals surface area contributed by atoms with Gasteiger partial charge in [-0.15, -0.1) is 11.3 Å². The van der Waals surface area contributed by atoms with Gasteiger partial charge in [-0.2, -0.15) is 0 Å². The second kappa shape index (κ2) is 13.4. The van der Waals surface area contributed by atoms with E-state index in [-0.39, 0.29) is 5.41 Å². The van der Waals surface area contributed by atoms with Crippen molar-refractivity contribution in [3.05, 3.63) is 217 Å². The number of rotatable bonds is 6. The normalized spacial score (nSPS) is 13.0. The molecule has 11 aromatic rings. The SMILES string of the molecule is CC1(C)c2ccccc2-c2ccc(N(c3ccc(-c4ccc5c(c4)c4cc(-c6ccccc6)ccc4n5-c4ccccc4)cc3)c3ccc4sc5ccccc5c4c3)cc21. The molecule has 2 nitrogen and oxygen atoms in total. The summed E-state index contributed by atoms with van der Waals surface area (Å²) in [6, 6.07) is 76.1. The van der Waals surface area contributed by atoms with Crippen LogP contribution >= 0.6 is 11.3 Å². The molecule has 3 heteroatoms. The van der Waals surface area contributed by atoms with Crippen LogP contribution in [0, 0.1) is 0 Å². The largest absolute Gasteiger partial charge is 0.310 e. The number of benzene rings is 9. The number of hydrogen-bond donors (Lipinski definition) is 0. The molecule has 0 saturated heterocycles. The van der Waals surface area contributed by atoms with Gasteiger partial charge in [-0.25, -0.2) is 0 Å². The molecule has 1 aliphatic rings. The van der Waals surface area contributed by atoms with Gasteiger partial charge in [-0.1, -0.05) is 135 Å². The second-order valence-corrected chi connectivity index (χ2v) is 17.6. The third-order valence-electron chi connectivity index (χ3n) is 12.8. The molecule has 9 aromatic carbocycles. The topological polar surface area (TPSA) is 8.17 Å². The third-order valence-corrected chi connectivity index (χ3v) is 13.9. The molecule has 284 valence electrons. The molecule has 0 unspecified atom stereocenters. The number of nitrogens with zero attached hydrogens (tertiary/aromatic N) is 2. The van der Waals surface area contributed by atoms with Crippen LogP contribution in [0.3, 0.4) is 0 Å². The smallest absolute Gasteiger partial charge is 0.0541 e. The summed E-state index contributed by atoms with van der Waals surface area (Å²) in [7, 11) is 0. The Morgan fingerprint density at radius 1 is 0.383 bits per heavy atom. The molecule has 0 spiro atoms.